The average Bonchev–Trinajstić information content (AvgIpc) is 3.22. The minimum atomic E-state index is -0.143. The number of nitrogens with zero attached hydrogens (tertiary/aromatic N) is 1. The van der Waals surface area contributed by atoms with Gasteiger partial charge in [-0.2, -0.15) is 0 Å². The molecule has 5 heteroatoms. The zero-order valence-corrected chi connectivity index (χ0v) is 12.8. The Bertz CT molecular complexity index is 488. The van der Waals surface area contributed by atoms with Crippen molar-refractivity contribution in [1.82, 2.24) is 4.90 Å². The van der Waals surface area contributed by atoms with Crippen molar-refractivity contribution >= 4 is 28.9 Å². The van der Waals surface area contributed by atoms with Crippen LogP contribution in [0.5, 0.6) is 0 Å². The van der Waals surface area contributed by atoms with Crippen LogP contribution in [-0.2, 0) is 4.79 Å². The van der Waals surface area contributed by atoms with Crippen LogP contribution >= 0.6 is 11.6 Å². The normalized spacial score (nSPS) is 16.2. The third-order valence-electron chi connectivity index (χ3n) is 3.63. The molecule has 0 spiro atoms. The highest BCUT2D eigenvalue weighted by atomic mass is 35.5. The summed E-state index contributed by atoms with van der Waals surface area (Å²) < 4.78 is 0. The molecule has 1 aromatic rings. The molecule has 1 aliphatic rings. The van der Waals surface area contributed by atoms with E-state index in [0.29, 0.717) is 22.4 Å². The van der Waals surface area contributed by atoms with Crippen LogP contribution in [0.15, 0.2) is 18.2 Å². The summed E-state index contributed by atoms with van der Waals surface area (Å²) in [6.07, 6.45) is 3.44. The molecule has 0 heterocycles. The number of benzene rings is 1. The van der Waals surface area contributed by atoms with E-state index in [1.807, 2.05) is 6.92 Å². The van der Waals surface area contributed by atoms with Crippen LogP contribution in [-0.4, -0.2) is 29.4 Å². The predicted molar refractivity (Wildman–Crippen MR) is 84.0 cm³/mol. The van der Waals surface area contributed by atoms with Crippen molar-refractivity contribution in [3.8, 4) is 0 Å². The lowest BCUT2D eigenvalue weighted by atomic mass is 10.2. The third-order valence-corrected chi connectivity index (χ3v) is 3.94. The zero-order valence-electron chi connectivity index (χ0n) is 12.0. The quantitative estimate of drug-likeness (QED) is 0.793. The summed E-state index contributed by atoms with van der Waals surface area (Å²) in [5.74, 6) is -0.0166. The first-order valence-electron chi connectivity index (χ1n) is 7.14. The molecule has 0 aliphatic heterocycles. The molecular formula is C15H22ClN3O. The van der Waals surface area contributed by atoms with E-state index in [-0.39, 0.29) is 11.9 Å². The number of hydrogen-bond acceptors (Lipinski definition) is 3. The van der Waals surface area contributed by atoms with Gasteiger partial charge in [0, 0.05) is 11.7 Å². The van der Waals surface area contributed by atoms with Crippen LogP contribution in [0.2, 0.25) is 5.02 Å². The highest BCUT2D eigenvalue weighted by Crippen LogP contribution is 2.30. The van der Waals surface area contributed by atoms with Gasteiger partial charge in [-0.25, -0.2) is 0 Å². The van der Waals surface area contributed by atoms with Crippen LogP contribution in [0.3, 0.4) is 0 Å². The van der Waals surface area contributed by atoms with E-state index in [0.717, 1.165) is 13.0 Å². The molecule has 1 saturated carbocycles. The molecule has 1 fully saturated rings. The van der Waals surface area contributed by atoms with Crippen LogP contribution in [0, 0.1) is 0 Å². The summed E-state index contributed by atoms with van der Waals surface area (Å²) in [5.41, 5.74) is 6.85. The second-order valence-electron chi connectivity index (χ2n) is 5.37. The number of nitrogens with two attached hydrogens (primary N) is 1. The largest absolute Gasteiger partial charge is 0.399 e. The van der Waals surface area contributed by atoms with E-state index in [1.165, 1.54) is 12.8 Å². The Morgan fingerprint density at radius 2 is 2.25 bits per heavy atom. The number of nitrogens with one attached hydrogen (secondary N) is 1. The van der Waals surface area contributed by atoms with Gasteiger partial charge in [-0.3, -0.25) is 9.69 Å². The summed E-state index contributed by atoms with van der Waals surface area (Å²) in [6, 6.07) is 5.54. The van der Waals surface area contributed by atoms with Crippen LogP contribution in [0.4, 0.5) is 11.4 Å². The number of rotatable bonds is 6. The minimum Gasteiger partial charge on any atom is -0.399 e. The second-order valence-corrected chi connectivity index (χ2v) is 5.78. The first-order valence-corrected chi connectivity index (χ1v) is 7.52. The van der Waals surface area contributed by atoms with Crippen molar-refractivity contribution in [2.75, 3.05) is 17.6 Å². The fourth-order valence-corrected chi connectivity index (χ4v) is 2.61. The third kappa shape index (κ3) is 3.64. The number of hydrogen-bond donors (Lipinski definition) is 2. The van der Waals surface area contributed by atoms with Crippen LogP contribution in [0.25, 0.3) is 0 Å². The Hall–Kier alpha value is -1.26. The number of carbonyl (C=O) groups is 1. The standard InChI is InChI=1S/C15H22ClN3O/c1-3-8-19(12-5-6-12)10(2)15(20)18-14-7-4-11(17)9-13(14)16/h4,7,9-10,12H,3,5-6,8,17H2,1-2H3,(H,18,20). The van der Waals surface area contributed by atoms with E-state index < -0.39 is 0 Å². The molecule has 0 saturated heterocycles. The Labute approximate surface area is 125 Å². The SMILES string of the molecule is CCCN(C1CC1)C(C)C(=O)Nc1ccc(N)cc1Cl. The molecule has 4 nitrogen and oxygen atoms in total. The van der Waals surface area contributed by atoms with E-state index >= 15 is 0 Å². The number of halogens is 1. The summed E-state index contributed by atoms with van der Waals surface area (Å²) in [6.45, 7) is 5.04. The van der Waals surface area contributed by atoms with E-state index in [2.05, 4.69) is 17.1 Å². The zero-order chi connectivity index (χ0) is 14.7. The molecular weight excluding hydrogens is 274 g/mol. The van der Waals surface area contributed by atoms with Gasteiger partial charge in [-0.05, 0) is 50.9 Å². The van der Waals surface area contributed by atoms with Gasteiger partial charge in [0.05, 0.1) is 16.8 Å². The van der Waals surface area contributed by atoms with Gasteiger partial charge >= 0.3 is 0 Å². The Morgan fingerprint density at radius 1 is 1.55 bits per heavy atom. The molecule has 20 heavy (non-hydrogen) atoms. The molecule has 1 aromatic carbocycles. The van der Waals surface area contributed by atoms with Crippen molar-refractivity contribution in [2.45, 2.75) is 45.2 Å². The van der Waals surface area contributed by atoms with Crippen molar-refractivity contribution in [2.24, 2.45) is 0 Å². The lowest BCUT2D eigenvalue weighted by Crippen LogP contribution is -2.43. The predicted octanol–water partition coefficient (Wildman–Crippen LogP) is 3.12. The molecule has 0 radical (unpaired) electrons. The molecule has 1 unspecified atom stereocenters. The lowest BCUT2D eigenvalue weighted by Gasteiger charge is -2.27. The molecule has 1 aliphatic carbocycles. The first-order chi connectivity index (χ1) is 9.52. The smallest absolute Gasteiger partial charge is 0.241 e. The van der Waals surface area contributed by atoms with Crippen molar-refractivity contribution < 1.29 is 4.79 Å². The number of carbonyl (C=O) groups excluding carboxylic acids is 1. The van der Waals surface area contributed by atoms with Gasteiger partial charge < -0.3 is 11.1 Å². The van der Waals surface area contributed by atoms with Gasteiger partial charge in [-0.1, -0.05) is 18.5 Å². The summed E-state index contributed by atoms with van der Waals surface area (Å²) in [7, 11) is 0. The monoisotopic (exact) mass is 295 g/mol. The maximum absolute atomic E-state index is 12.4. The van der Waals surface area contributed by atoms with Crippen LogP contribution in [0.1, 0.15) is 33.1 Å². The Morgan fingerprint density at radius 3 is 2.80 bits per heavy atom. The minimum absolute atomic E-state index is 0.0166. The van der Waals surface area contributed by atoms with E-state index in [1.54, 1.807) is 18.2 Å². The maximum Gasteiger partial charge on any atom is 0.241 e. The van der Waals surface area contributed by atoms with Crippen molar-refractivity contribution in [3.05, 3.63) is 23.2 Å². The highest BCUT2D eigenvalue weighted by Gasteiger charge is 2.34. The fraction of sp³-hybridized carbons (Fsp3) is 0.533. The molecule has 0 aromatic heterocycles. The number of nitrogen functional groups attached to an aromatic ring is 1. The summed E-state index contributed by atoms with van der Waals surface area (Å²) >= 11 is 6.09. The molecule has 1 amide bonds. The molecule has 2 rings (SSSR count). The Balaban J connectivity index is 2.02. The topological polar surface area (TPSA) is 58.4 Å². The van der Waals surface area contributed by atoms with Gasteiger partial charge in [0.1, 0.15) is 0 Å². The fourth-order valence-electron chi connectivity index (χ4n) is 2.38. The molecule has 0 bridgehead atoms. The number of amides is 1. The van der Waals surface area contributed by atoms with Crippen molar-refractivity contribution in [1.29, 1.82) is 0 Å². The van der Waals surface area contributed by atoms with Gasteiger partial charge in [-0.15, -0.1) is 0 Å². The Kier molecular flexibility index (Phi) is 4.89. The average molecular weight is 296 g/mol. The highest BCUT2D eigenvalue weighted by molar-refractivity contribution is 6.34. The molecule has 110 valence electrons. The summed E-state index contributed by atoms with van der Waals surface area (Å²) in [5, 5.41) is 3.36. The van der Waals surface area contributed by atoms with Gasteiger partial charge in [0.25, 0.3) is 0 Å². The van der Waals surface area contributed by atoms with Crippen LogP contribution < -0.4 is 11.1 Å². The van der Waals surface area contributed by atoms with Gasteiger partial charge in [0.15, 0.2) is 0 Å². The molecule has 3 N–H and O–H groups in total. The first kappa shape index (κ1) is 15.1. The van der Waals surface area contributed by atoms with Crippen molar-refractivity contribution in [3.63, 3.8) is 0 Å². The number of anilines is 2. The molecule has 1 atom stereocenters. The maximum atomic E-state index is 12.4. The summed E-state index contributed by atoms with van der Waals surface area (Å²) in [4.78, 5) is 14.6. The van der Waals surface area contributed by atoms with E-state index in [9.17, 15) is 4.79 Å². The lowest BCUT2D eigenvalue weighted by molar-refractivity contribution is -0.121. The van der Waals surface area contributed by atoms with Gasteiger partial charge in [0.2, 0.25) is 5.91 Å². The second kappa shape index (κ2) is 6.46. The van der Waals surface area contributed by atoms with E-state index in [4.69, 9.17) is 17.3 Å².